The summed E-state index contributed by atoms with van der Waals surface area (Å²) in [5.41, 5.74) is -0.837. The molecule has 2 heterocycles. The van der Waals surface area contributed by atoms with Gasteiger partial charge in [-0.05, 0) is 42.5 Å². The summed E-state index contributed by atoms with van der Waals surface area (Å²) in [6.07, 6.45) is -3.24. The van der Waals surface area contributed by atoms with E-state index in [1.165, 1.54) is 36.4 Å². The number of alkyl halides is 3. The molecule has 200 valence electrons. The number of aromatic nitrogens is 2. The van der Waals surface area contributed by atoms with Gasteiger partial charge in [-0.25, -0.2) is 14.2 Å². The third kappa shape index (κ3) is 5.97. The van der Waals surface area contributed by atoms with Gasteiger partial charge in [-0.3, -0.25) is 9.36 Å². The maximum absolute atomic E-state index is 14.6. The molecular formula is C27H26F4N4O3. The number of rotatable bonds is 7. The van der Waals surface area contributed by atoms with Crippen LogP contribution in [0.3, 0.4) is 0 Å². The molecule has 1 N–H and O–H groups in total. The van der Waals surface area contributed by atoms with Crippen molar-refractivity contribution < 1.29 is 27.4 Å². The number of hydrogen-bond donors (Lipinski definition) is 1. The van der Waals surface area contributed by atoms with Crippen LogP contribution in [0.15, 0.2) is 47.3 Å². The molecule has 2 aromatic carbocycles. The van der Waals surface area contributed by atoms with Gasteiger partial charge in [0.2, 0.25) is 11.6 Å². The Balaban J connectivity index is 1.96. The lowest BCUT2D eigenvalue weighted by atomic mass is 9.98. The molecule has 7 nitrogen and oxygen atoms in total. The number of aliphatic hydroxyl groups excluding tert-OH is 1. The summed E-state index contributed by atoms with van der Waals surface area (Å²) in [7, 11) is 0. The van der Waals surface area contributed by atoms with E-state index >= 15 is 0 Å². The number of aliphatic hydroxyl groups is 1. The van der Waals surface area contributed by atoms with Gasteiger partial charge in [-0.15, -0.1) is 0 Å². The summed E-state index contributed by atoms with van der Waals surface area (Å²) in [6.45, 7) is 8.31. The number of benzene rings is 2. The minimum Gasteiger partial charge on any atom is -0.491 e. The van der Waals surface area contributed by atoms with E-state index in [-0.39, 0.29) is 47.2 Å². The summed E-state index contributed by atoms with van der Waals surface area (Å²) in [5, 5.41) is 8.97. The Hall–Kier alpha value is -3.91. The Morgan fingerprint density at radius 2 is 1.79 bits per heavy atom. The van der Waals surface area contributed by atoms with Gasteiger partial charge in [0.25, 0.3) is 5.56 Å². The molecule has 1 saturated heterocycles. The second-order valence-corrected chi connectivity index (χ2v) is 9.19. The highest BCUT2D eigenvalue weighted by molar-refractivity contribution is 5.82. The van der Waals surface area contributed by atoms with E-state index < -0.39 is 24.1 Å². The van der Waals surface area contributed by atoms with Gasteiger partial charge in [-0.2, -0.15) is 13.2 Å². The highest BCUT2D eigenvalue weighted by Gasteiger charge is 2.33. The molecule has 0 unspecified atom stereocenters. The van der Waals surface area contributed by atoms with E-state index in [0.717, 1.165) is 18.9 Å². The first-order valence-electron chi connectivity index (χ1n) is 12.1. The van der Waals surface area contributed by atoms with Crippen LogP contribution in [0.2, 0.25) is 0 Å². The Morgan fingerprint density at radius 3 is 2.37 bits per heavy atom. The Morgan fingerprint density at radius 1 is 1.13 bits per heavy atom. The van der Waals surface area contributed by atoms with E-state index in [0.29, 0.717) is 29.3 Å². The van der Waals surface area contributed by atoms with Gasteiger partial charge in [0.05, 0.1) is 24.4 Å². The lowest BCUT2D eigenvalue weighted by molar-refractivity contribution is -0.141. The molecule has 4 rings (SSSR count). The quantitative estimate of drug-likeness (QED) is 0.326. The average Bonchev–Trinajstić information content (AvgIpc) is 2.88. The number of hydrogen-bond acceptors (Lipinski definition) is 5. The summed E-state index contributed by atoms with van der Waals surface area (Å²) >= 11 is 0. The molecule has 38 heavy (non-hydrogen) atoms. The van der Waals surface area contributed by atoms with Crippen molar-refractivity contribution in [3.05, 3.63) is 70.1 Å². The van der Waals surface area contributed by atoms with Crippen molar-refractivity contribution in [1.29, 1.82) is 0 Å². The SMILES string of the molecule is [C-]#[N+]c1ccc(-c2nc(N3CCC(C)CC3)n(CC(F)(F)F)c(=O)c2-c2ccc(OCCO)cc2)cc1F. The number of nitrogens with zero attached hydrogens (tertiary/aromatic N) is 4. The van der Waals surface area contributed by atoms with Crippen LogP contribution < -0.4 is 15.2 Å². The van der Waals surface area contributed by atoms with Crippen LogP contribution in [0.5, 0.6) is 5.75 Å². The molecule has 3 aromatic rings. The van der Waals surface area contributed by atoms with Crippen molar-refractivity contribution in [3.63, 3.8) is 0 Å². The minimum atomic E-state index is -4.69. The van der Waals surface area contributed by atoms with Crippen LogP contribution in [-0.2, 0) is 6.54 Å². The maximum Gasteiger partial charge on any atom is 0.406 e. The van der Waals surface area contributed by atoms with Crippen molar-refractivity contribution in [2.45, 2.75) is 32.5 Å². The molecule has 0 radical (unpaired) electrons. The molecule has 0 atom stereocenters. The van der Waals surface area contributed by atoms with E-state index in [4.69, 9.17) is 16.4 Å². The van der Waals surface area contributed by atoms with Crippen LogP contribution in [0.25, 0.3) is 27.2 Å². The van der Waals surface area contributed by atoms with Crippen LogP contribution >= 0.6 is 0 Å². The molecule has 1 fully saturated rings. The first kappa shape index (κ1) is 27.1. The smallest absolute Gasteiger partial charge is 0.406 e. The predicted octanol–water partition coefficient (Wildman–Crippen LogP) is 5.44. The van der Waals surface area contributed by atoms with Gasteiger partial charge in [0.1, 0.15) is 24.7 Å². The molecular weight excluding hydrogens is 504 g/mol. The van der Waals surface area contributed by atoms with Gasteiger partial charge in [0.15, 0.2) is 0 Å². The number of piperidine rings is 1. The molecule has 1 aromatic heterocycles. The lowest BCUT2D eigenvalue weighted by Gasteiger charge is -2.33. The van der Waals surface area contributed by atoms with Crippen molar-refractivity contribution in [2.75, 3.05) is 31.2 Å². The zero-order chi connectivity index (χ0) is 27.4. The molecule has 1 aliphatic heterocycles. The summed E-state index contributed by atoms with van der Waals surface area (Å²) < 4.78 is 61.6. The van der Waals surface area contributed by atoms with Crippen molar-refractivity contribution in [3.8, 4) is 28.1 Å². The second-order valence-electron chi connectivity index (χ2n) is 9.19. The fourth-order valence-electron chi connectivity index (χ4n) is 4.41. The first-order chi connectivity index (χ1) is 18.1. The zero-order valence-electron chi connectivity index (χ0n) is 20.6. The fourth-order valence-corrected chi connectivity index (χ4v) is 4.41. The molecule has 11 heteroatoms. The molecule has 0 spiro atoms. The van der Waals surface area contributed by atoms with Gasteiger partial charge >= 0.3 is 6.18 Å². The van der Waals surface area contributed by atoms with E-state index in [9.17, 15) is 22.4 Å². The molecule has 0 saturated carbocycles. The predicted molar refractivity (Wildman–Crippen MR) is 135 cm³/mol. The lowest BCUT2D eigenvalue weighted by Crippen LogP contribution is -2.40. The van der Waals surface area contributed by atoms with Crippen LogP contribution in [0.4, 0.5) is 29.2 Å². The third-order valence-corrected chi connectivity index (χ3v) is 6.40. The maximum atomic E-state index is 14.6. The number of halogens is 4. The highest BCUT2D eigenvalue weighted by atomic mass is 19.4. The standard InChI is InChI=1S/C27H26F4N4O3/c1-17-9-11-34(12-10-17)26-33-24(19-5-8-22(32-2)21(28)15-19)23(25(37)35(26)16-27(29,30)31)18-3-6-20(7-4-18)38-14-13-36/h3-8,15,17,36H,9-14,16H2,1H3. The number of anilines is 1. The van der Waals surface area contributed by atoms with Crippen molar-refractivity contribution in [1.82, 2.24) is 9.55 Å². The summed E-state index contributed by atoms with van der Waals surface area (Å²) in [6, 6.07) is 9.77. The average molecular weight is 531 g/mol. The van der Waals surface area contributed by atoms with E-state index in [1.807, 2.05) is 0 Å². The fraction of sp³-hybridized carbons (Fsp3) is 0.370. The summed E-state index contributed by atoms with van der Waals surface area (Å²) in [5.74, 6) is -0.185. The topological polar surface area (TPSA) is 72.0 Å². The molecule has 0 aliphatic carbocycles. The normalized spacial score (nSPS) is 14.4. The van der Waals surface area contributed by atoms with E-state index in [1.54, 1.807) is 4.90 Å². The van der Waals surface area contributed by atoms with Gasteiger partial charge < -0.3 is 14.7 Å². The number of ether oxygens (including phenoxy) is 1. The Bertz CT molecular complexity index is 1390. The van der Waals surface area contributed by atoms with Crippen molar-refractivity contribution in [2.24, 2.45) is 5.92 Å². The van der Waals surface area contributed by atoms with Crippen molar-refractivity contribution >= 4 is 11.6 Å². The van der Waals surface area contributed by atoms with Gasteiger partial charge in [-0.1, -0.05) is 31.2 Å². The second kappa shape index (κ2) is 11.2. The zero-order valence-corrected chi connectivity index (χ0v) is 20.6. The Kier molecular flexibility index (Phi) is 8.02. The van der Waals surface area contributed by atoms with Crippen LogP contribution in [-0.4, -0.2) is 47.1 Å². The van der Waals surface area contributed by atoms with Crippen LogP contribution in [0.1, 0.15) is 19.8 Å². The molecule has 1 aliphatic rings. The van der Waals surface area contributed by atoms with E-state index in [2.05, 4.69) is 16.8 Å². The molecule has 0 amide bonds. The third-order valence-electron chi connectivity index (χ3n) is 6.40. The highest BCUT2D eigenvalue weighted by Crippen LogP contribution is 2.34. The molecule has 0 bridgehead atoms. The Labute approximate surface area is 216 Å². The minimum absolute atomic E-state index is 0.0153. The van der Waals surface area contributed by atoms with Crippen LogP contribution in [0, 0.1) is 18.3 Å². The summed E-state index contributed by atoms with van der Waals surface area (Å²) in [4.78, 5) is 23.2. The largest absolute Gasteiger partial charge is 0.491 e. The van der Waals surface area contributed by atoms with Gasteiger partial charge in [0, 0.05) is 18.7 Å². The monoisotopic (exact) mass is 530 g/mol. The first-order valence-corrected chi connectivity index (χ1v) is 12.1.